The second-order valence-electron chi connectivity index (χ2n) is 5.36. The van der Waals surface area contributed by atoms with E-state index in [4.69, 9.17) is 5.11 Å². The van der Waals surface area contributed by atoms with Gasteiger partial charge in [0.15, 0.2) is 5.82 Å². The van der Waals surface area contributed by atoms with Crippen LogP contribution in [0.5, 0.6) is 0 Å². The third-order valence-electron chi connectivity index (χ3n) is 3.74. The molecule has 1 saturated carbocycles. The molecule has 0 bridgehead atoms. The van der Waals surface area contributed by atoms with Crippen LogP contribution < -0.4 is 0 Å². The van der Waals surface area contributed by atoms with E-state index in [0.29, 0.717) is 36.2 Å². The summed E-state index contributed by atoms with van der Waals surface area (Å²) < 4.78 is 13.6. The van der Waals surface area contributed by atoms with Crippen LogP contribution in [0.1, 0.15) is 25.1 Å². The van der Waals surface area contributed by atoms with Crippen molar-refractivity contribution in [1.29, 1.82) is 0 Å². The van der Waals surface area contributed by atoms with E-state index in [1.165, 1.54) is 6.07 Å². The first-order valence-corrected chi connectivity index (χ1v) is 7.22. The highest BCUT2D eigenvalue weighted by molar-refractivity contribution is 5.78. The Balaban J connectivity index is 1.65. The van der Waals surface area contributed by atoms with Crippen molar-refractivity contribution < 1.29 is 14.3 Å². The first-order chi connectivity index (χ1) is 10.2. The van der Waals surface area contributed by atoms with E-state index in [1.807, 2.05) is 0 Å². The Hall–Kier alpha value is -1.95. The molecule has 2 N–H and O–H groups in total. The third kappa shape index (κ3) is 3.05. The van der Waals surface area contributed by atoms with Gasteiger partial charge in [-0.1, -0.05) is 6.07 Å². The van der Waals surface area contributed by atoms with Gasteiger partial charge >= 0.3 is 0 Å². The molecule has 1 aliphatic carbocycles. The standard InChI is InChI=1S/C15H18FN3O2/c16-11-2-1-3-12-15(11)18-13(17-12)6-7-14(21)19(8-9-20)10-4-5-10/h1-3,10,20H,4-9H2,(H,17,18). The number of nitrogens with zero attached hydrogens (tertiary/aromatic N) is 2. The molecule has 1 fully saturated rings. The third-order valence-corrected chi connectivity index (χ3v) is 3.74. The van der Waals surface area contributed by atoms with Crippen LogP contribution in [0.25, 0.3) is 11.0 Å². The molecule has 0 saturated heterocycles. The number of aromatic nitrogens is 2. The highest BCUT2D eigenvalue weighted by Gasteiger charge is 2.31. The number of amides is 1. The molecule has 1 heterocycles. The number of halogens is 1. The molecule has 0 aliphatic heterocycles. The highest BCUT2D eigenvalue weighted by Crippen LogP contribution is 2.27. The van der Waals surface area contributed by atoms with Crippen molar-refractivity contribution in [1.82, 2.24) is 14.9 Å². The van der Waals surface area contributed by atoms with Crippen molar-refractivity contribution in [2.45, 2.75) is 31.7 Å². The summed E-state index contributed by atoms with van der Waals surface area (Å²) >= 11 is 0. The minimum absolute atomic E-state index is 0.0158. The number of rotatable bonds is 6. The van der Waals surface area contributed by atoms with Gasteiger partial charge in [0.1, 0.15) is 11.3 Å². The molecule has 6 heteroatoms. The summed E-state index contributed by atoms with van der Waals surface area (Å²) in [6, 6.07) is 5.05. The minimum atomic E-state index is -0.360. The van der Waals surface area contributed by atoms with Gasteiger partial charge in [0.2, 0.25) is 5.91 Å². The predicted molar refractivity (Wildman–Crippen MR) is 76.2 cm³/mol. The maximum Gasteiger partial charge on any atom is 0.223 e. The van der Waals surface area contributed by atoms with Crippen molar-refractivity contribution in [3.05, 3.63) is 29.8 Å². The summed E-state index contributed by atoms with van der Waals surface area (Å²) in [5.74, 6) is 0.275. The lowest BCUT2D eigenvalue weighted by atomic mass is 10.2. The maximum absolute atomic E-state index is 13.6. The molecule has 5 nitrogen and oxygen atoms in total. The number of fused-ring (bicyclic) bond motifs is 1. The molecular weight excluding hydrogens is 273 g/mol. The first kappa shape index (κ1) is 14.0. The monoisotopic (exact) mass is 291 g/mol. The zero-order valence-electron chi connectivity index (χ0n) is 11.7. The fourth-order valence-corrected chi connectivity index (χ4v) is 2.54. The number of hydrogen-bond donors (Lipinski definition) is 2. The number of aryl methyl sites for hydroxylation is 1. The molecule has 0 atom stereocenters. The number of para-hydroxylation sites is 1. The lowest BCUT2D eigenvalue weighted by molar-refractivity contribution is -0.132. The normalized spacial score (nSPS) is 14.6. The van der Waals surface area contributed by atoms with E-state index in [2.05, 4.69) is 9.97 Å². The Labute approximate surface area is 121 Å². The van der Waals surface area contributed by atoms with Crippen molar-refractivity contribution >= 4 is 16.9 Å². The number of aliphatic hydroxyl groups is 1. The number of imidazole rings is 1. The molecule has 21 heavy (non-hydrogen) atoms. The van der Waals surface area contributed by atoms with Gasteiger partial charge < -0.3 is 15.0 Å². The zero-order chi connectivity index (χ0) is 14.8. The van der Waals surface area contributed by atoms with Gasteiger partial charge in [0.05, 0.1) is 12.1 Å². The fourth-order valence-electron chi connectivity index (χ4n) is 2.54. The molecule has 1 amide bonds. The quantitative estimate of drug-likeness (QED) is 0.849. The van der Waals surface area contributed by atoms with Gasteiger partial charge in [-0.05, 0) is 25.0 Å². The molecule has 0 spiro atoms. The van der Waals surface area contributed by atoms with Gasteiger partial charge in [-0.25, -0.2) is 9.37 Å². The van der Waals surface area contributed by atoms with Gasteiger partial charge in [-0.2, -0.15) is 0 Å². The van der Waals surface area contributed by atoms with Crippen LogP contribution in [0, 0.1) is 5.82 Å². The Morgan fingerprint density at radius 2 is 2.29 bits per heavy atom. The molecule has 1 aromatic carbocycles. The smallest absolute Gasteiger partial charge is 0.223 e. The summed E-state index contributed by atoms with van der Waals surface area (Å²) in [5, 5.41) is 9.02. The molecule has 3 rings (SSSR count). The summed E-state index contributed by atoms with van der Waals surface area (Å²) in [4.78, 5) is 21.1. The lowest BCUT2D eigenvalue weighted by Crippen LogP contribution is -2.35. The first-order valence-electron chi connectivity index (χ1n) is 7.22. The average molecular weight is 291 g/mol. The number of nitrogens with one attached hydrogen (secondary N) is 1. The van der Waals surface area contributed by atoms with E-state index in [9.17, 15) is 9.18 Å². The van der Waals surface area contributed by atoms with E-state index in [0.717, 1.165) is 12.8 Å². The number of aliphatic hydroxyl groups excluding tert-OH is 1. The molecule has 1 aromatic heterocycles. The van der Waals surface area contributed by atoms with Crippen LogP contribution in [0.15, 0.2) is 18.2 Å². The Morgan fingerprint density at radius 1 is 1.48 bits per heavy atom. The maximum atomic E-state index is 13.6. The number of benzene rings is 1. The number of hydrogen-bond acceptors (Lipinski definition) is 3. The van der Waals surface area contributed by atoms with Gasteiger partial charge in [0.25, 0.3) is 0 Å². The zero-order valence-corrected chi connectivity index (χ0v) is 11.7. The van der Waals surface area contributed by atoms with E-state index < -0.39 is 0 Å². The van der Waals surface area contributed by atoms with Crippen molar-refractivity contribution in [2.75, 3.05) is 13.2 Å². The van der Waals surface area contributed by atoms with Crippen LogP contribution >= 0.6 is 0 Å². The van der Waals surface area contributed by atoms with Crippen LogP contribution in [0.2, 0.25) is 0 Å². The highest BCUT2D eigenvalue weighted by atomic mass is 19.1. The van der Waals surface area contributed by atoms with E-state index >= 15 is 0 Å². The topological polar surface area (TPSA) is 69.2 Å². The van der Waals surface area contributed by atoms with Crippen LogP contribution in [0.3, 0.4) is 0 Å². The molecule has 112 valence electrons. The van der Waals surface area contributed by atoms with Crippen LogP contribution in [-0.2, 0) is 11.2 Å². The second-order valence-corrected chi connectivity index (χ2v) is 5.36. The number of carbonyl (C=O) groups is 1. The van der Waals surface area contributed by atoms with E-state index in [1.54, 1.807) is 17.0 Å². The van der Waals surface area contributed by atoms with Crippen molar-refractivity contribution in [2.24, 2.45) is 0 Å². The summed E-state index contributed by atoms with van der Waals surface area (Å²) in [6.45, 7) is 0.371. The number of H-pyrrole nitrogens is 1. The van der Waals surface area contributed by atoms with E-state index in [-0.39, 0.29) is 24.4 Å². The molecule has 1 aliphatic rings. The Morgan fingerprint density at radius 3 is 2.95 bits per heavy atom. The average Bonchev–Trinajstić information content (AvgIpc) is 3.22. The van der Waals surface area contributed by atoms with Crippen molar-refractivity contribution in [3.63, 3.8) is 0 Å². The number of aromatic amines is 1. The molecular formula is C15H18FN3O2. The van der Waals surface area contributed by atoms with Crippen LogP contribution in [-0.4, -0.2) is 45.1 Å². The fraction of sp³-hybridized carbons (Fsp3) is 0.467. The Kier molecular flexibility index (Phi) is 3.88. The summed E-state index contributed by atoms with van der Waals surface area (Å²) in [5.41, 5.74) is 0.959. The minimum Gasteiger partial charge on any atom is -0.395 e. The Bertz CT molecular complexity index is 651. The molecule has 0 radical (unpaired) electrons. The predicted octanol–water partition coefficient (Wildman–Crippen LogP) is 1.62. The molecule has 0 unspecified atom stereocenters. The second kappa shape index (κ2) is 5.81. The summed E-state index contributed by atoms with van der Waals surface area (Å²) in [6.07, 6.45) is 2.79. The largest absolute Gasteiger partial charge is 0.395 e. The van der Waals surface area contributed by atoms with Gasteiger partial charge in [0, 0.05) is 25.4 Å². The number of carbonyl (C=O) groups excluding carboxylic acids is 1. The van der Waals surface area contributed by atoms with Gasteiger partial charge in [-0.15, -0.1) is 0 Å². The SMILES string of the molecule is O=C(CCc1nc2c(F)cccc2[nH]1)N(CCO)C1CC1. The van der Waals surface area contributed by atoms with Crippen LogP contribution in [0.4, 0.5) is 4.39 Å². The lowest BCUT2D eigenvalue weighted by Gasteiger charge is -2.21. The summed E-state index contributed by atoms with van der Waals surface area (Å²) in [7, 11) is 0. The van der Waals surface area contributed by atoms with Crippen molar-refractivity contribution in [3.8, 4) is 0 Å². The molecule has 2 aromatic rings. The van der Waals surface area contributed by atoms with Gasteiger partial charge in [-0.3, -0.25) is 4.79 Å².